The van der Waals surface area contributed by atoms with Crippen LogP contribution in [0.25, 0.3) is 0 Å². The van der Waals surface area contributed by atoms with Crippen molar-refractivity contribution in [3.63, 3.8) is 0 Å². The predicted octanol–water partition coefficient (Wildman–Crippen LogP) is 5.31. The van der Waals surface area contributed by atoms with E-state index >= 15 is 0 Å². The number of aryl methyl sites for hydroxylation is 2. The number of ether oxygens (including phenoxy) is 1. The molecule has 0 bridgehead atoms. The summed E-state index contributed by atoms with van der Waals surface area (Å²) < 4.78 is 48.8. The molecule has 0 amide bonds. The first-order valence-corrected chi connectivity index (χ1v) is 12.9. The molecule has 4 rings (SSSR count). The third-order valence-corrected chi connectivity index (χ3v) is 8.31. The fourth-order valence-corrected chi connectivity index (χ4v) is 6.13. The number of likely N-dealkylation sites (tertiary alicyclic amines) is 1. The molecule has 180 valence electrons. The van der Waals surface area contributed by atoms with Crippen LogP contribution < -0.4 is 9.04 Å². The van der Waals surface area contributed by atoms with Crippen molar-refractivity contribution in [1.82, 2.24) is 4.90 Å². The summed E-state index contributed by atoms with van der Waals surface area (Å²) in [5, 5.41) is 0. The Bertz CT molecular complexity index is 1240. The number of rotatable bonds is 7. The lowest BCUT2D eigenvalue weighted by Gasteiger charge is -2.39. The summed E-state index contributed by atoms with van der Waals surface area (Å²) in [6, 6.07) is 19.2. The van der Waals surface area contributed by atoms with Gasteiger partial charge < -0.3 is 4.74 Å². The van der Waals surface area contributed by atoms with Gasteiger partial charge in [-0.3, -0.25) is 9.21 Å². The van der Waals surface area contributed by atoms with E-state index in [4.69, 9.17) is 4.74 Å². The summed E-state index contributed by atoms with van der Waals surface area (Å²) in [4.78, 5) is 2.54. The van der Waals surface area contributed by atoms with Crippen LogP contribution in [-0.4, -0.2) is 39.6 Å². The highest BCUT2D eigenvalue weighted by Gasteiger charge is 2.34. The molecule has 5 nitrogen and oxygen atoms in total. The molecule has 7 heteroatoms. The van der Waals surface area contributed by atoms with Gasteiger partial charge >= 0.3 is 0 Å². The smallest absolute Gasteiger partial charge is 0.264 e. The van der Waals surface area contributed by atoms with Crippen molar-refractivity contribution in [3.8, 4) is 5.75 Å². The van der Waals surface area contributed by atoms with E-state index in [0.29, 0.717) is 24.1 Å². The summed E-state index contributed by atoms with van der Waals surface area (Å²) in [5.41, 5.74) is 3.00. The number of benzene rings is 3. The number of sulfonamides is 1. The van der Waals surface area contributed by atoms with E-state index in [9.17, 15) is 12.8 Å². The molecule has 0 radical (unpaired) electrons. The number of hydrogen-bond donors (Lipinski definition) is 0. The van der Waals surface area contributed by atoms with E-state index in [2.05, 4.69) is 11.0 Å². The molecule has 1 aliphatic rings. The number of anilines is 1. The average Bonchev–Trinajstić information content (AvgIpc) is 2.83. The molecule has 0 saturated carbocycles. The largest absolute Gasteiger partial charge is 0.497 e. The quantitative estimate of drug-likeness (QED) is 0.458. The molecular formula is C27H31FN2O3S. The maximum Gasteiger partial charge on any atom is 0.264 e. The van der Waals surface area contributed by atoms with Gasteiger partial charge in [0.05, 0.1) is 17.7 Å². The molecule has 3 aromatic rings. The van der Waals surface area contributed by atoms with Gasteiger partial charge in [-0.05, 0) is 74.2 Å². The lowest BCUT2D eigenvalue weighted by Crippen LogP contribution is -2.47. The van der Waals surface area contributed by atoms with Gasteiger partial charge in [-0.15, -0.1) is 0 Å². The zero-order valence-electron chi connectivity index (χ0n) is 19.9. The van der Waals surface area contributed by atoms with Crippen molar-refractivity contribution in [2.45, 2.75) is 44.2 Å². The third kappa shape index (κ3) is 5.26. The van der Waals surface area contributed by atoms with Crippen LogP contribution >= 0.6 is 0 Å². The highest BCUT2D eigenvalue weighted by Crippen LogP contribution is 2.32. The van der Waals surface area contributed by atoms with Crippen LogP contribution in [0.4, 0.5) is 10.1 Å². The molecule has 1 saturated heterocycles. The lowest BCUT2D eigenvalue weighted by molar-refractivity contribution is 0.206. The van der Waals surface area contributed by atoms with Gasteiger partial charge in [0.15, 0.2) is 0 Å². The number of halogens is 1. The molecule has 1 fully saturated rings. The summed E-state index contributed by atoms with van der Waals surface area (Å²) >= 11 is 0. The van der Waals surface area contributed by atoms with Crippen LogP contribution in [-0.2, 0) is 16.6 Å². The average molecular weight is 483 g/mol. The number of piperidine rings is 1. The highest BCUT2D eigenvalue weighted by atomic mass is 32.2. The van der Waals surface area contributed by atoms with E-state index in [0.717, 1.165) is 36.5 Å². The second-order valence-electron chi connectivity index (χ2n) is 8.91. The second-order valence-corrected chi connectivity index (χ2v) is 10.7. The minimum Gasteiger partial charge on any atom is -0.497 e. The molecule has 1 heterocycles. The SMILES string of the molecule is COc1cccc(CN2CCC(N(c3ccc(C)c(F)c3)S(=O)(=O)c3ccc(C)cc3)CC2)c1. The standard InChI is InChI=1S/C27H31FN2O3S/c1-20-7-11-26(12-8-20)34(31,32)30(24-10-9-21(2)27(28)18-24)23-13-15-29(16-14-23)19-22-5-4-6-25(17-22)33-3/h4-12,17-18,23H,13-16,19H2,1-3H3. The van der Waals surface area contributed by atoms with Crippen LogP contribution in [0.2, 0.25) is 0 Å². The Labute approximate surface area is 201 Å². The van der Waals surface area contributed by atoms with Gasteiger partial charge in [-0.25, -0.2) is 12.8 Å². The fourth-order valence-electron chi connectivity index (χ4n) is 4.43. The van der Waals surface area contributed by atoms with Crippen molar-refractivity contribution in [3.05, 3.63) is 89.2 Å². The fraction of sp³-hybridized carbons (Fsp3) is 0.333. The normalized spacial score (nSPS) is 15.3. The van der Waals surface area contributed by atoms with E-state index in [1.54, 1.807) is 50.4 Å². The molecule has 34 heavy (non-hydrogen) atoms. The Hall–Kier alpha value is -2.90. The molecule has 3 aromatic carbocycles. The van der Waals surface area contributed by atoms with Crippen molar-refractivity contribution in [2.75, 3.05) is 24.5 Å². The number of hydrogen-bond acceptors (Lipinski definition) is 4. The maximum absolute atomic E-state index is 14.5. The molecule has 0 unspecified atom stereocenters. The Morgan fingerprint density at radius 1 is 1.00 bits per heavy atom. The van der Waals surface area contributed by atoms with E-state index in [1.165, 1.54) is 10.4 Å². The van der Waals surface area contributed by atoms with Gasteiger partial charge in [0.2, 0.25) is 0 Å². The van der Waals surface area contributed by atoms with Crippen LogP contribution in [0.3, 0.4) is 0 Å². The number of methoxy groups -OCH3 is 1. The van der Waals surface area contributed by atoms with Crippen LogP contribution in [0.5, 0.6) is 5.75 Å². The molecule has 0 N–H and O–H groups in total. The zero-order valence-corrected chi connectivity index (χ0v) is 20.7. The van der Waals surface area contributed by atoms with Gasteiger partial charge in [0.25, 0.3) is 10.0 Å². The van der Waals surface area contributed by atoms with Crippen LogP contribution in [0.15, 0.2) is 71.6 Å². The molecular weight excluding hydrogens is 451 g/mol. The third-order valence-electron chi connectivity index (χ3n) is 6.42. The summed E-state index contributed by atoms with van der Waals surface area (Å²) in [7, 11) is -2.20. The highest BCUT2D eigenvalue weighted by molar-refractivity contribution is 7.92. The first kappa shape index (κ1) is 24.2. The molecule has 0 atom stereocenters. The van der Waals surface area contributed by atoms with Crippen molar-refractivity contribution in [2.24, 2.45) is 0 Å². The van der Waals surface area contributed by atoms with Gasteiger partial charge in [-0.2, -0.15) is 0 Å². The second kappa shape index (κ2) is 10.2. The maximum atomic E-state index is 14.5. The van der Waals surface area contributed by atoms with Gasteiger partial charge in [0.1, 0.15) is 11.6 Å². The van der Waals surface area contributed by atoms with Crippen molar-refractivity contribution < 1.29 is 17.5 Å². The molecule has 0 spiro atoms. The topological polar surface area (TPSA) is 49.9 Å². The summed E-state index contributed by atoms with van der Waals surface area (Å²) in [6.07, 6.45) is 1.31. The molecule has 0 aliphatic carbocycles. The zero-order chi connectivity index (χ0) is 24.3. The Kier molecular flexibility index (Phi) is 7.24. The Morgan fingerprint density at radius 2 is 1.71 bits per heavy atom. The predicted molar refractivity (Wildman–Crippen MR) is 133 cm³/mol. The first-order valence-electron chi connectivity index (χ1n) is 11.5. The molecule has 0 aromatic heterocycles. The lowest BCUT2D eigenvalue weighted by atomic mass is 10.0. The van der Waals surface area contributed by atoms with E-state index < -0.39 is 15.8 Å². The van der Waals surface area contributed by atoms with Crippen LogP contribution in [0, 0.1) is 19.7 Å². The Balaban J connectivity index is 1.58. The van der Waals surface area contributed by atoms with Gasteiger partial charge in [0, 0.05) is 25.7 Å². The Morgan fingerprint density at radius 3 is 2.35 bits per heavy atom. The van der Waals surface area contributed by atoms with Gasteiger partial charge in [-0.1, -0.05) is 35.9 Å². The summed E-state index contributed by atoms with van der Waals surface area (Å²) in [5.74, 6) is 0.418. The first-order chi connectivity index (χ1) is 16.3. The van der Waals surface area contributed by atoms with Crippen LogP contribution in [0.1, 0.15) is 29.5 Å². The summed E-state index contributed by atoms with van der Waals surface area (Å²) in [6.45, 7) is 5.86. The van der Waals surface area contributed by atoms with Crippen molar-refractivity contribution in [1.29, 1.82) is 0 Å². The minimum absolute atomic E-state index is 0.220. The number of nitrogens with zero attached hydrogens (tertiary/aromatic N) is 2. The van der Waals surface area contributed by atoms with Crippen molar-refractivity contribution >= 4 is 15.7 Å². The van der Waals surface area contributed by atoms with E-state index in [1.807, 2.05) is 25.1 Å². The van der Waals surface area contributed by atoms with E-state index in [-0.39, 0.29) is 10.9 Å². The minimum atomic E-state index is -3.85. The monoisotopic (exact) mass is 482 g/mol. The molecule has 1 aliphatic heterocycles.